The van der Waals surface area contributed by atoms with E-state index in [2.05, 4.69) is 15.6 Å². The van der Waals surface area contributed by atoms with Crippen molar-refractivity contribution in [3.05, 3.63) is 33.8 Å². The first-order valence-corrected chi connectivity index (χ1v) is 9.10. The van der Waals surface area contributed by atoms with Crippen LogP contribution >= 0.6 is 47.2 Å². The molecule has 0 spiro atoms. The fourth-order valence-electron chi connectivity index (χ4n) is 2.39. The summed E-state index contributed by atoms with van der Waals surface area (Å²) in [4.78, 5) is 4.54. The number of nitrogens with one attached hydrogen (secondary N) is 2. The van der Waals surface area contributed by atoms with Crippen molar-refractivity contribution in [2.45, 2.75) is 32.4 Å². The number of benzene rings is 1. The summed E-state index contributed by atoms with van der Waals surface area (Å²) in [5, 5.41) is 7.71. The van der Waals surface area contributed by atoms with Gasteiger partial charge in [-0.15, -0.1) is 24.0 Å². The van der Waals surface area contributed by atoms with E-state index in [0.29, 0.717) is 36.3 Å². The first-order valence-electron chi connectivity index (χ1n) is 8.34. The van der Waals surface area contributed by atoms with Gasteiger partial charge < -0.3 is 20.1 Å². The molecule has 0 saturated carbocycles. The molecule has 8 heteroatoms. The van der Waals surface area contributed by atoms with Crippen molar-refractivity contribution in [1.29, 1.82) is 0 Å². The van der Waals surface area contributed by atoms with Gasteiger partial charge in [0.15, 0.2) is 5.96 Å². The molecule has 1 unspecified atom stereocenters. The summed E-state index contributed by atoms with van der Waals surface area (Å²) in [6, 6.07) is 5.44. The summed E-state index contributed by atoms with van der Waals surface area (Å²) in [5.41, 5.74) is 0.938. The van der Waals surface area contributed by atoms with Gasteiger partial charge in [0.1, 0.15) is 0 Å². The fourth-order valence-corrected chi connectivity index (χ4v) is 2.86. The molecule has 1 aromatic rings. The number of halogens is 3. The predicted molar refractivity (Wildman–Crippen MR) is 114 cm³/mol. The summed E-state index contributed by atoms with van der Waals surface area (Å²) in [6.45, 7) is 6.13. The monoisotopic (exact) mass is 501 g/mol. The predicted octanol–water partition coefficient (Wildman–Crippen LogP) is 3.86. The van der Waals surface area contributed by atoms with Crippen LogP contribution in [0.5, 0.6) is 0 Å². The van der Waals surface area contributed by atoms with Gasteiger partial charge >= 0.3 is 0 Å². The summed E-state index contributed by atoms with van der Waals surface area (Å²) in [7, 11) is 0. The Morgan fingerprint density at radius 2 is 2.20 bits per heavy atom. The van der Waals surface area contributed by atoms with E-state index in [4.69, 9.17) is 32.7 Å². The molecule has 142 valence electrons. The Bertz CT molecular complexity index is 541. The molecule has 1 fully saturated rings. The molecule has 1 saturated heterocycles. The molecule has 0 aromatic heterocycles. The lowest BCUT2D eigenvalue weighted by atomic mass is 10.2. The van der Waals surface area contributed by atoms with Gasteiger partial charge in [-0.05, 0) is 37.5 Å². The average Bonchev–Trinajstić information content (AvgIpc) is 3.07. The summed E-state index contributed by atoms with van der Waals surface area (Å²) in [5.74, 6) is 0.740. The second-order valence-corrected chi connectivity index (χ2v) is 6.41. The lowest BCUT2D eigenvalue weighted by molar-refractivity contribution is 0.0191. The van der Waals surface area contributed by atoms with E-state index in [1.54, 1.807) is 6.07 Å². The summed E-state index contributed by atoms with van der Waals surface area (Å²) >= 11 is 12.1. The van der Waals surface area contributed by atoms with Crippen molar-refractivity contribution < 1.29 is 9.47 Å². The molecule has 0 radical (unpaired) electrons. The summed E-state index contributed by atoms with van der Waals surface area (Å²) in [6.07, 6.45) is 2.50. The van der Waals surface area contributed by atoms with E-state index in [1.807, 2.05) is 19.1 Å². The third kappa shape index (κ3) is 8.77. The highest BCUT2D eigenvalue weighted by molar-refractivity contribution is 14.0. The van der Waals surface area contributed by atoms with Gasteiger partial charge in [0.25, 0.3) is 0 Å². The van der Waals surface area contributed by atoms with Crippen LogP contribution in [0.3, 0.4) is 0 Å². The average molecular weight is 502 g/mol. The molecule has 25 heavy (non-hydrogen) atoms. The van der Waals surface area contributed by atoms with Crippen LogP contribution in [0.15, 0.2) is 23.2 Å². The van der Waals surface area contributed by atoms with Crippen molar-refractivity contribution in [2.24, 2.45) is 4.99 Å². The van der Waals surface area contributed by atoms with Gasteiger partial charge in [-0.25, -0.2) is 4.99 Å². The van der Waals surface area contributed by atoms with Gasteiger partial charge in [0.2, 0.25) is 0 Å². The Morgan fingerprint density at radius 3 is 2.88 bits per heavy atom. The van der Waals surface area contributed by atoms with Crippen molar-refractivity contribution in [3.63, 3.8) is 0 Å². The topological polar surface area (TPSA) is 54.9 Å². The van der Waals surface area contributed by atoms with E-state index in [1.165, 1.54) is 0 Å². The zero-order valence-electron chi connectivity index (χ0n) is 14.4. The van der Waals surface area contributed by atoms with Crippen molar-refractivity contribution in [1.82, 2.24) is 10.6 Å². The van der Waals surface area contributed by atoms with Crippen molar-refractivity contribution >= 4 is 53.1 Å². The molecule has 5 nitrogen and oxygen atoms in total. The Hall–Kier alpha value is -0.280. The quantitative estimate of drug-likeness (QED) is 0.246. The lowest BCUT2D eigenvalue weighted by Gasteiger charge is -2.13. The van der Waals surface area contributed by atoms with E-state index in [-0.39, 0.29) is 30.1 Å². The number of hydrogen-bond donors (Lipinski definition) is 2. The van der Waals surface area contributed by atoms with Crippen LogP contribution in [0.1, 0.15) is 25.3 Å². The fraction of sp³-hybridized carbons (Fsp3) is 0.588. The second kappa shape index (κ2) is 13.0. The molecule has 2 N–H and O–H groups in total. The third-order valence-corrected chi connectivity index (χ3v) is 4.22. The van der Waals surface area contributed by atoms with Gasteiger partial charge in [0, 0.05) is 29.7 Å². The maximum atomic E-state index is 6.17. The minimum atomic E-state index is 0. The zero-order chi connectivity index (χ0) is 17.2. The zero-order valence-corrected chi connectivity index (χ0v) is 18.2. The highest BCUT2D eigenvalue weighted by atomic mass is 127. The van der Waals surface area contributed by atoms with Crippen molar-refractivity contribution in [2.75, 3.05) is 32.9 Å². The van der Waals surface area contributed by atoms with E-state index in [9.17, 15) is 0 Å². The van der Waals surface area contributed by atoms with Crippen LogP contribution < -0.4 is 10.6 Å². The van der Waals surface area contributed by atoms with Crippen LogP contribution in [0.25, 0.3) is 0 Å². The highest BCUT2D eigenvalue weighted by Crippen LogP contribution is 2.21. The molecule has 1 aliphatic heterocycles. The van der Waals surface area contributed by atoms with Crippen molar-refractivity contribution in [3.8, 4) is 0 Å². The Morgan fingerprint density at radius 1 is 1.36 bits per heavy atom. The maximum absolute atomic E-state index is 6.17. The number of rotatable bonds is 8. The largest absolute Gasteiger partial charge is 0.377 e. The first kappa shape index (κ1) is 22.8. The van der Waals surface area contributed by atoms with E-state index in [0.717, 1.165) is 37.5 Å². The normalized spacial score (nSPS) is 17.2. The van der Waals surface area contributed by atoms with Crippen LogP contribution in [0, 0.1) is 0 Å². The molecule has 0 aliphatic carbocycles. The Labute approximate surface area is 176 Å². The molecular formula is C17H26Cl2IN3O2. The minimum absolute atomic E-state index is 0. The number of guanidine groups is 1. The third-order valence-electron chi connectivity index (χ3n) is 3.63. The van der Waals surface area contributed by atoms with Crippen LogP contribution in [-0.2, 0) is 16.0 Å². The number of ether oxygens (including phenoxy) is 2. The molecule has 0 amide bonds. The number of hydrogen-bond acceptors (Lipinski definition) is 3. The van der Waals surface area contributed by atoms with Gasteiger partial charge in [-0.2, -0.15) is 0 Å². The van der Waals surface area contributed by atoms with Crippen LogP contribution in [-0.4, -0.2) is 45.0 Å². The molecule has 2 rings (SSSR count). The summed E-state index contributed by atoms with van der Waals surface area (Å²) < 4.78 is 11.2. The molecule has 1 heterocycles. The van der Waals surface area contributed by atoms with Crippen LogP contribution in [0.2, 0.25) is 10.0 Å². The standard InChI is InChI=1S/C17H25Cl2N3O2.HI/c1-2-20-17(21-7-9-23-12-15-4-3-8-24-15)22-11-13-5-6-14(18)10-16(13)19;/h5-6,10,15H,2-4,7-9,11-12H2,1H3,(H2,20,21,22);1H. The minimum Gasteiger partial charge on any atom is -0.377 e. The van der Waals surface area contributed by atoms with E-state index < -0.39 is 0 Å². The van der Waals surface area contributed by atoms with Gasteiger partial charge in [-0.1, -0.05) is 29.3 Å². The highest BCUT2D eigenvalue weighted by Gasteiger charge is 2.14. The molecule has 1 atom stereocenters. The van der Waals surface area contributed by atoms with Gasteiger partial charge in [0.05, 0.1) is 25.9 Å². The molecule has 1 aliphatic rings. The molecule has 0 bridgehead atoms. The Balaban J connectivity index is 0.00000312. The molecule has 1 aromatic carbocycles. The number of nitrogens with zero attached hydrogens (tertiary/aromatic N) is 1. The Kier molecular flexibility index (Phi) is 11.8. The number of aliphatic imine (C=N–C) groups is 1. The molecular weight excluding hydrogens is 476 g/mol. The van der Waals surface area contributed by atoms with Crippen LogP contribution in [0.4, 0.5) is 0 Å². The SMILES string of the molecule is CCNC(=NCc1ccc(Cl)cc1Cl)NCCOCC1CCCO1.I. The second-order valence-electron chi connectivity index (χ2n) is 5.57. The van der Waals surface area contributed by atoms with Gasteiger partial charge in [-0.3, -0.25) is 0 Å². The first-order chi connectivity index (χ1) is 11.7. The lowest BCUT2D eigenvalue weighted by Crippen LogP contribution is -2.39. The smallest absolute Gasteiger partial charge is 0.191 e. The maximum Gasteiger partial charge on any atom is 0.191 e. The van der Waals surface area contributed by atoms with E-state index >= 15 is 0 Å².